The van der Waals surface area contributed by atoms with E-state index in [1.165, 1.54) is 4.31 Å². The van der Waals surface area contributed by atoms with Gasteiger partial charge in [0.05, 0.1) is 11.2 Å². The molecule has 0 aromatic rings. The van der Waals surface area contributed by atoms with Gasteiger partial charge < -0.3 is 5.73 Å². The van der Waals surface area contributed by atoms with Crippen molar-refractivity contribution in [2.75, 3.05) is 12.8 Å². The monoisotopic (exact) mass is 294 g/mol. The molecule has 18 heavy (non-hydrogen) atoms. The zero-order valence-electron chi connectivity index (χ0n) is 10.5. The van der Waals surface area contributed by atoms with Crippen LogP contribution in [0.3, 0.4) is 0 Å². The van der Waals surface area contributed by atoms with Crippen LogP contribution in [0.5, 0.6) is 0 Å². The average Bonchev–Trinajstić information content (AvgIpc) is 2.70. The van der Waals surface area contributed by atoms with Crippen molar-refractivity contribution in [2.45, 2.75) is 38.1 Å². The number of sulfone groups is 1. The molecule has 0 radical (unpaired) electrons. The van der Waals surface area contributed by atoms with Crippen molar-refractivity contribution in [3.8, 4) is 0 Å². The van der Waals surface area contributed by atoms with E-state index in [1.54, 1.807) is 6.92 Å². The second-order valence-electron chi connectivity index (χ2n) is 4.88. The molecule has 2 rings (SSSR count). The van der Waals surface area contributed by atoms with E-state index in [0.29, 0.717) is 12.8 Å². The third-order valence-electron chi connectivity index (χ3n) is 3.78. The second-order valence-corrected chi connectivity index (χ2v) is 8.89. The maximum Gasteiger partial charge on any atom is 0.256 e. The molecule has 0 unspecified atom stereocenters. The first-order valence-electron chi connectivity index (χ1n) is 5.91. The van der Waals surface area contributed by atoms with Gasteiger partial charge in [0.15, 0.2) is 14.1 Å². The van der Waals surface area contributed by atoms with Gasteiger partial charge in [-0.3, -0.25) is 0 Å². The van der Waals surface area contributed by atoms with Gasteiger partial charge in [-0.2, -0.15) is 4.31 Å². The first-order valence-corrected chi connectivity index (χ1v) is 9.24. The third kappa shape index (κ3) is 1.62. The molecule has 1 aliphatic carbocycles. The van der Waals surface area contributed by atoms with E-state index < -0.39 is 29.6 Å². The Balaban J connectivity index is 2.75. The van der Waals surface area contributed by atoms with Crippen molar-refractivity contribution >= 4 is 19.9 Å². The summed E-state index contributed by atoms with van der Waals surface area (Å²) in [5, 5.41) is 0. The van der Waals surface area contributed by atoms with Gasteiger partial charge >= 0.3 is 0 Å². The molecule has 0 aromatic heterocycles. The summed E-state index contributed by atoms with van der Waals surface area (Å²) < 4.78 is 48.8. The first kappa shape index (κ1) is 13.8. The van der Waals surface area contributed by atoms with Crippen molar-refractivity contribution < 1.29 is 16.8 Å². The molecule has 0 amide bonds. The highest BCUT2D eigenvalue weighted by molar-refractivity contribution is 8.13. The molecule has 2 aliphatic rings. The van der Waals surface area contributed by atoms with E-state index in [1.807, 2.05) is 0 Å². The number of nitrogens with two attached hydrogens (primary N) is 1. The summed E-state index contributed by atoms with van der Waals surface area (Å²) in [6.07, 6.45) is 3.83. The molecule has 0 aromatic carbocycles. The van der Waals surface area contributed by atoms with E-state index in [0.717, 1.165) is 19.1 Å². The van der Waals surface area contributed by atoms with Gasteiger partial charge in [-0.25, -0.2) is 16.8 Å². The van der Waals surface area contributed by atoms with Gasteiger partial charge in [-0.1, -0.05) is 19.8 Å². The highest BCUT2D eigenvalue weighted by atomic mass is 32.3. The lowest BCUT2D eigenvalue weighted by molar-refractivity contribution is 0.250. The minimum absolute atomic E-state index is 0.0179. The summed E-state index contributed by atoms with van der Waals surface area (Å²) >= 11 is 0. The quantitative estimate of drug-likeness (QED) is 0.781. The SMILES string of the molecule is CCN1C2(CCCC2)C(N)=C(S(C)(=O)=O)S1(=O)=O. The van der Waals surface area contributed by atoms with E-state index in [-0.39, 0.29) is 12.2 Å². The maximum atomic E-state index is 12.4. The molecule has 1 aliphatic heterocycles. The van der Waals surface area contributed by atoms with Gasteiger partial charge in [0.2, 0.25) is 0 Å². The van der Waals surface area contributed by atoms with Gasteiger partial charge in [0, 0.05) is 12.8 Å². The van der Waals surface area contributed by atoms with Crippen LogP contribution >= 0.6 is 0 Å². The van der Waals surface area contributed by atoms with E-state index in [9.17, 15) is 16.8 Å². The van der Waals surface area contributed by atoms with Crippen LogP contribution in [-0.2, 0) is 19.9 Å². The lowest BCUT2D eigenvalue weighted by atomic mass is 9.94. The smallest absolute Gasteiger partial charge is 0.256 e. The molecule has 2 N–H and O–H groups in total. The van der Waals surface area contributed by atoms with Crippen molar-refractivity contribution in [2.24, 2.45) is 5.73 Å². The Kier molecular flexibility index (Phi) is 3.03. The van der Waals surface area contributed by atoms with E-state index in [4.69, 9.17) is 5.73 Å². The Morgan fingerprint density at radius 2 is 1.83 bits per heavy atom. The summed E-state index contributed by atoms with van der Waals surface area (Å²) in [5.74, 6) is 0. The fraction of sp³-hybridized carbons (Fsp3) is 0.800. The van der Waals surface area contributed by atoms with Crippen LogP contribution in [0.2, 0.25) is 0 Å². The molecule has 0 atom stereocenters. The summed E-state index contributed by atoms with van der Waals surface area (Å²) in [6, 6.07) is 0. The summed E-state index contributed by atoms with van der Waals surface area (Å²) in [5.41, 5.74) is 5.14. The largest absolute Gasteiger partial charge is 0.399 e. The van der Waals surface area contributed by atoms with Gasteiger partial charge in [-0.05, 0) is 12.8 Å². The number of nitrogens with zero attached hydrogens (tertiary/aromatic N) is 1. The lowest BCUT2D eigenvalue weighted by Gasteiger charge is -2.33. The Morgan fingerprint density at radius 3 is 2.22 bits per heavy atom. The third-order valence-corrected chi connectivity index (χ3v) is 8.09. The maximum absolute atomic E-state index is 12.4. The Morgan fingerprint density at radius 1 is 1.33 bits per heavy atom. The van der Waals surface area contributed by atoms with Crippen LogP contribution in [0.4, 0.5) is 0 Å². The van der Waals surface area contributed by atoms with Crippen LogP contribution in [-0.4, -0.2) is 39.5 Å². The van der Waals surface area contributed by atoms with Crippen molar-refractivity contribution in [1.82, 2.24) is 4.31 Å². The zero-order valence-corrected chi connectivity index (χ0v) is 12.1. The van der Waals surface area contributed by atoms with Crippen LogP contribution in [0.15, 0.2) is 9.93 Å². The van der Waals surface area contributed by atoms with Crippen LogP contribution in [0.1, 0.15) is 32.6 Å². The minimum Gasteiger partial charge on any atom is -0.399 e. The molecule has 1 saturated carbocycles. The number of hydrogen-bond acceptors (Lipinski definition) is 5. The molecule has 1 fully saturated rings. The standard InChI is InChI=1S/C10H18N2O4S2/c1-3-12-10(6-4-5-7-10)8(11)9(17(2,13)14)18(12,15)16/h3-7,11H2,1-2H3. The number of hydrogen-bond donors (Lipinski definition) is 1. The summed E-state index contributed by atoms with van der Waals surface area (Å²) in [4.78, 5) is 0. The Bertz CT molecular complexity index is 598. The van der Waals surface area contributed by atoms with Crippen molar-refractivity contribution in [1.29, 1.82) is 0 Å². The minimum atomic E-state index is -3.98. The van der Waals surface area contributed by atoms with Crippen LogP contribution in [0.25, 0.3) is 0 Å². The summed E-state index contributed by atoms with van der Waals surface area (Å²) in [7, 11) is -7.82. The van der Waals surface area contributed by atoms with Crippen LogP contribution < -0.4 is 5.73 Å². The molecule has 6 nitrogen and oxygen atoms in total. The first-order chi connectivity index (χ1) is 8.18. The molecular formula is C10H18N2O4S2. The summed E-state index contributed by atoms with van der Waals surface area (Å²) in [6.45, 7) is 1.94. The second kappa shape index (κ2) is 3.94. The Labute approximate surface area is 108 Å². The van der Waals surface area contributed by atoms with Crippen molar-refractivity contribution in [3.05, 3.63) is 9.93 Å². The molecule has 0 saturated heterocycles. The zero-order chi connectivity index (χ0) is 13.8. The number of likely N-dealkylation sites (N-methyl/N-ethyl adjacent to an activating group) is 1. The average molecular weight is 294 g/mol. The molecular weight excluding hydrogens is 276 g/mol. The lowest BCUT2D eigenvalue weighted by Crippen LogP contribution is -2.47. The van der Waals surface area contributed by atoms with E-state index >= 15 is 0 Å². The van der Waals surface area contributed by atoms with E-state index in [2.05, 4.69) is 0 Å². The molecule has 0 bridgehead atoms. The number of sulfonamides is 1. The van der Waals surface area contributed by atoms with Crippen molar-refractivity contribution in [3.63, 3.8) is 0 Å². The van der Waals surface area contributed by atoms with Gasteiger partial charge in [0.1, 0.15) is 0 Å². The highest BCUT2D eigenvalue weighted by Crippen LogP contribution is 2.49. The number of rotatable bonds is 2. The molecule has 1 heterocycles. The normalized spacial score (nSPS) is 27.2. The van der Waals surface area contributed by atoms with Gasteiger partial charge in [-0.15, -0.1) is 0 Å². The van der Waals surface area contributed by atoms with Gasteiger partial charge in [0.25, 0.3) is 10.0 Å². The topological polar surface area (TPSA) is 97.5 Å². The fourth-order valence-corrected chi connectivity index (χ4v) is 7.27. The fourth-order valence-electron chi connectivity index (χ4n) is 3.14. The van der Waals surface area contributed by atoms with Crippen LogP contribution in [0, 0.1) is 0 Å². The molecule has 1 spiro atoms. The molecule has 104 valence electrons. The Hall–Kier alpha value is -0.600. The highest BCUT2D eigenvalue weighted by Gasteiger charge is 2.57. The predicted molar refractivity (Wildman–Crippen MR) is 68.6 cm³/mol. The molecule has 8 heteroatoms. The predicted octanol–water partition coefficient (Wildman–Crippen LogP) is 0.137.